The van der Waals surface area contributed by atoms with Gasteiger partial charge in [-0.2, -0.15) is 0 Å². The van der Waals surface area contributed by atoms with Gasteiger partial charge in [-0.05, 0) is 38.8 Å². The molecule has 0 aliphatic heterocycles. The molecule has 122 valence electrons. The molecule has 2 heterocycles. The molecule has 0 saturated heterocycles. The van der Waals surface area contributed by atoms with Crippen LogP contribution >= 0.6 is 11.8 Å². The summed E-state index contributed by atoms with van der Waals surface area (Å²) in [5.74, 6) is 0.552. The molecule has 0 aromatic carbocycles. The maximum absolute atomic E-state index is 12.6. The molecule has 1 aliphatic carbocycles. The van der Waals surface area contributed by atoms with E-state index in [0.717, 1.165) is 11.3 Å². The summed E-state index contributed by atoms with van der Waals surface area (Å²) in [6, 6.07) is 4.40. The molecule has 0 radical (unpaired) electrons. The van der Waals surface area contributed by atoms with Crippen LogP contribution in [0.4, 0.5) is 0 Å². The fourth-order valence-corrected chi connectivity index (χ4v) is 4.21. The second kappa shape index (κ2) is 7.30. The molecule has 0 amide bonds. The second-order valence-electron chi connectivity index (χ2n) is 6.19. The molecule has 0 bridgehead atoms. The van der Waals surface area contributed by atoms with Crippen molar-refractivity contribution in [2.24, 2.45) is 0 Å². The molecular weight excluding hydrogens is 306 g/mol. The van der Waals surface area contributed by atoms with Gasteiger partial charge in [0.05, 0.1) is 5.75 Å². The molecule has 3 rings (SSSR count). The maximum atomic E-state index is 12.6. The molecule has 23 heavy (non-hydrogen) atoms. The quantitative estimate of drug-likeness (QED) is 0.464. The molecule has 0 spiro atoms. The molecular formula is C18H23N3OS. The van der Waals surface area contributed by atoms with E-state index in [1.165, 1.54) is 49.6 Å². The summed E-state index contributed by atoms with van der Waals surface area (Å²) in [6.45, 7) is 4.20. The third-order valence-electron chi connectivity index (χ3n) is 4.60. The Bertz CT molecular complexity index is 675. The lowest BCUT2D eigenvalue weighted by atomic mass is 9.95. The number of ketones is 1. The highest BCUT2D eigenvalue weighted by molar-refractivity contribution is 7.99. The highest BCUT2D eigenvalue weighted by Gasteiger charge is 2.22. The lowest BCUT2D eigenvalue weighted by molar-refractivity contribution is 0.102. The molecule has 2 aromatic rings. The van der Waals surface area contributed by atoms with Crippen molar-refractivity contribution in [3.8, 4) is 0 Å². The van der Waals surface area contributed by atoms with Gasteiger partial charge in [0.15, 0.2) is 10.9 Å². The molecule has 1 fully saturated rings. The minimum absolute atomic E-state index is 0.164. The van der Waals surface area contributed by atoms with Crippen molar-refractivity contribution < 1.29 is 4.79 Å². The van der Waals surface area contributed by atoms with Gasteiger partial charge in [0.2, 0.25) is 0 Å². The second-order valence-corrected chi connectivity index (χ2v) is 7.13. The zero-order chi connectivity index (χ0) is 16.2. The number of nitrogens with zero attached hydrogens (tertiary/aromatic N) is 3. The normalized spacial score (nSPS) is 15.7. The zero-order valence-electron chi connectivity index (χ0n) is 13.8. The van der Waals surface area contributed by atoms with Crippen LogP contribution in [0.15, 0.2) is 29.7 Å². The van der Waals surface area contributed by atoms with Crippen LogP contribution in [-0.4, -0.2) is 26.1 Å². The van der Waals surface area contributed by atoms with Crippen LogP contribution in [0.25, 0.3) is 0 Å². The summed E-state index contributed by atoms with van der Waals surface area (Å²) in [6.07, 6.45) is 9.81. The van der Waals surface area contributed by atoms with E-state index < -0.39 is 0 Å². The summed E-state index contributed by atoms with van der Waals surface area (Å²) in [5, 5.41) is 0.655. The highest BCUT2D eigenvalue weighted by Crippen LogP contribution is 2.32. The Labute approximate surface area is 141 Å². The topological polar surface area (TPSA) is 47.8 Å². The van der Waals surface area contributed by atoms with Crippen molar-refractivity contribution in [3.63, 3.8) is 0 Å². The Kier molecular flexibility index (Phi) is 5.16. The minimum Gasteiger partial charge on any atom is -0.345 e. The fraction of sp³-hybridized carbons (Fsp3) is 0.500. The van der Waals surface area contributed by atoms with Crippen LogP contribution in [0.3, 0.4) is 0 Å². The van der Waals surface area contributed by atoms with E-state index in [9.17, 15) is 4.79 Å². The fourth-order valence-electron chi connectivity index (χ4n) is 3.53. The first-order valence-corrected chi connectivity index (χ1v) is 9.27. The predicted octanol–water partition coefficient (Wildman–Crippen LogP) is 4.38. The summed E-state index contributed by atoms with van der Waals surface area (Å²) in [4.78, 5) is 20.9. The van der Waals surface area contributed by atoms with Gasteiger partial charge in [-0.3, -0.25) is 4.79 Å². The van der Waals surface area contributed by atoms with E-state index in [-0.39, 0.29) is 5.78 Å². The van der Waals surface area contributed by atoms with Crippen molar-refractivity contribution in [1.29, 1.82) is 0 Å². The summed E-state index contributed by atoms with van der Waals surface area (Å²) < 4.78 is 2.38. The van der Waals surface area contributed by atoms with Crippen LogP contribution < -0.4 is 0 Å². The monoisotopic (exact) mass is 329 g/mol. The van der Waals surface area contributed by atoms with Gasteiger partial charge in [0.1, 0.15) is 0 Å². The zero-order valence-corrected chi connectivity index (χ0v) is 14.6. The van der Waals surface area contributed by atoms with Crippen molar-refractivity contribution in [2.75, 3.05) is 5.75 Å². The Balaban J connectivity index is 1.73. The Morgan fingerprint density at radius 2 is 1.91 bits per heavy atom. The lowest BCUT2D eigenvalue weighted by Gasteiger charge is -2.26. The van der Waals surface area contributed by atoms with E-state index >= 15 is 0 Å². The number of carbonyl (C=O) groups is 1. The molecule has 0 unspecified atom stereocenters. The van der Waals surface area contributed by atoms with E-state index in [0.29, 0.717) is 17.0 Å². The molecule has 2 aromatic heterocycles. The third-order valence-corrected chi connectivity index (χ3v) is 5.47. The average molecular weight is 329 g/mol. The van der Waals surface area contributed by atoms with Crippen LogP contribution in [0, 0.1) is 13.8 Å². The number of Topliss-reactive ketones (excluding diaryl/α,β-unsaturated/α-hetero) is 1. The van der Waals surface area contributed by atoms with Gasteiger partial charge in [-0.25, -0.2) is 9.97 Å². The van der Waals surface area contributed by atoms with Crippen molar-refractivity contribution >= 4 is 17.5 Å². The van der Waals surface area contributed by atoms with Crippen LogP contribution in [-0.2, 0) is 0 Å². The molecule has 1 saturated carbocycles. The van der Waals surface area contributed by atoms with Gasteiger partial charge in [-0.1, -0.05) is 31.0 Å². The van der Waals surface area contributed by atoms with E-state index in [1.807, 2.05) is 0 Å². The van der Waals surface area contributed by atoms with Crippen molar-refractivity contribution in [1.82, 2.24) is 14.5 Å². The Morgan fingerprint density at radius 1 is 1.22 bits per heavy atom. The van der Waals surface area contributed by atoms with Gasteiger partial charge >= 0.3 is 0 Å². The molecule has 4 nitrogen and oxygen atoms in total. The number of hydrogen-bond acceptors (Lipinski definition) is 4. The first-order chi connectivity index (χ1) is 11.2. The van der Waals surface area contributed by atoms with Gasteiger partial charge in [-0.15, -0.1) is 0 Å². The number of thioether (sulfide) groups is 1. The SMILES string of the molecule is Cc1cc(C(=O)CSc2ncccn2)c(C)n1C1CCCCC1. The molecule has 5 heteroatoms. The first kappa shape index (κ1) is 16.2. The summed E-state index contributed by atoms with van der Waals surface area (Å²) in [5.41, 5.74) is 3.18. The third kappa shape index (κ3) is 3.66. The number of aromatic nitrogens is 3. The maximum Gasteiger partial charge on any atom is 0.187 e. The van der Waals surface area contributed by atoms with Gasteiger partial charge in [0.25, 0.3) is 0 Å². The summed E-state index contributed by atoms with van der Waals surface area (Å²) >= 11 is 1.40. The summed E-state index contributed by atoms with van der Waals surface area (Å²) in [7, 11) is 0. The molecule has 1 aliphatic rings. The molecule has 0 N–H and O–H groups in total. The van der Waals surface area contributed by atoms with Crippen LogP contribution in [0.1, 0.15) is 59.9 Å². The smallest absolute Gasteiger partial charge is 0.187 e. The standard InChI is InChI=1S/C18H23N3OS/c1-13-11-16(14(2)21(13)15-7-4-3-5-8-15)17(22)12-23-18-19-9-6-10-20-18/h6,9-11,15H,3-5,7-8,12H2,1-2H3. The largest absolute Gasteiger partial charge is 0.345 e. The van der Waals surface area contributed by atoms with Gasteiger partial charge in [0, 0.05) is 35.4 Å². The van der Waals surface area contributed by atoms with E-state index in [4.69, 9.17) is 0 Å². The number of rotatable bonds is 5. The van der Waals surface area contributed by atoms with Crippen LogP contribution in [0.2, 0.25) is 0 Å². The van der Waals surface area contributed by atoms with E-state index in [1.54, 1.807) is 18.5 Å². The molecule has 0 atom stereocenters. The van der Waals surface area contributed by atoms with Crippen molar-refractivity contribution in [3.05, 3.63) is 41.5 Å². The first-order valence-electron chi connectivity index (χ1n) is 8.28. The average Bonchev–Trinajstić information content (AvgIpc) is 2.89. The predicted molar refractivity (Wildman–Crippen MR) is 93.1 cm³/mol. The highest BCUT2D eigenvalue weighted by atomic mass is 32.2. The minimum atomic E-state index is 0.164. The van der Waals surface area contributed by atoms with Crippen molar-refractivity contribution in [2.45, 2.75) is 57.1 Å². The Hall–Kier alpha value is -1.62. The van der Waals surface area contributed by atoms with Crippen LogP contribution in [0.5, 0.6) is 0 Å². The number of aryl methyl sites for hydroxylation is 1. The van der Waals surface area contributed by atoms with Gasteiger partial charge < -0.3 is 4.57 Å². The lowest BCUT2D eigenvalue weighted by Crippen LogP contribution is -2.16. The number of carbonyl (C=O) groups excluding carboxylic acids is 1. The number of hydrogen-bond donors (Lipinski definition) is 0. The van der Waals surface area contributed by atoms with E-state index in [2.05, 4.69) is 34.4 Å². The Morgan fingerprint density at radius 3 is 2.61 bits per heavy atom.